The molecule has 1 saturated heterocycles. The van der Waals surface area contributed by atoms with Crippen molar-refractivity contribution in [2.45, 2.75) is 51.2 Å². The van der Waals surface area contributed by atoms with Gasteiger partial charge in [-0.05, 0) is 26.2 Å². The summed E-state index contributed by atoms with van der Waals surface area (Å²) >= 11 is 0. The van der Waals surface area contributed by atoms with Gasteiger partial charge in [-0.3, -0.25) is 0 Å². The van der Waals surface area contributed by atoms with Crippen molar-refractivity contribution in [2.75, 3.05) is 19.8 Å². The highest BCUT2D eigenvalue weighted by molar-refractivity contribution is 5.08. The van der Waals surface area contributed by atoms with Crippen LogP contribution in [0.25, 0.3) is 0 Å². The minimum atomic E-state index is -0.648. The largest absolute Gasteiger partial charge is 0.379 e. The summed E-state index contributed by atoms with van der Waals surface area (Å²) in [7, 11) is 0. The summed E-state index contributed by atoms with van der Waals surface area (Å²) in [5, 5.41) is 4.09. The standard InChI is InChI=1S/C13H23N3O3/c1-4-13(5-2,18-6-3)10-15-11(19-16-10)12(14)7-8-17-9-12/h4-9,14H2,1-3H3. The van der Waals surface area contributed by atoms with E-state index in [1.165, 1.54) is 0 Å². The fraction of sp³-hybridized carbons (Fsp3) is 0.846. The third kappa shape index (κ3) is 2.52. The second-order valence-corrected chi connectivity index (χ2v) is 5.02. The number of hydrogen-bond donors (Lipinski definition) is 1. The maximum absolute atomic E-state index is 6.23. The molecule has 2 heterocycles. The summed E-state index contributed by atoms with van der Waals surface area (Å²) in [6.45, 7) is 7.76. The van der Waals surface area contributed by atoms with Gasteiger partial charge in [0, 0.05) is 13.2 Å². The molecular weight excluding hydrogens is 246 g/mol. The molecule has 2 rings (SSSR count). The van der Waals surface area contributed by atoms with Gasteiger partial charge in [0.1, 0.15) is 11.1 Å². The van der Waals surface area contributed by atoms with Crippen molar-refractivity contribution >= 4 is 0 Å². The molecule has 1 unspecified atom stereocenters. The second kappa shape index (κ2) is 5.56. The van der Waals surface area contributed by atoms with Crippen molar-refractivity contribution < 1.29 is 14.0 Å². The Hall–Kier alpha value is -0.980. The lowest BCUT2D eigenvalue weighted by atomic mass is 9.95. The van der Waals surface area contributed by atoms with Gasteiger partial charge in [0.2, 0.25) is 11.7 Å². The molecular formula is C13H23N3O3. The molecule has 1 aliphatic heterocycles. The first-order valence-electron chi connectivity index (χ1n) is 6.95. The Morgan fingerprint density at radius 2 is 2.11 bits per heavy atom. The van der Waals surface area contributed by atoms with Crippen molar-refractivity contribution in [3.05, 3.63) is 11.7 Å². The predicted octanol–water partition coefficient (Wildman–Crippen LogP) is 1.70. The Morgan fingerprint density at radius 3 is 2.63 bits per heavy atom. The van der Waals surface area contributed by atoms with Crippen molar-refractivity contribution in [1.82, 2.24) is 10.1 Å². The Balaban J connectivity index is 2.28. The normalized spacial score (nSPS) is 24.0. The molecule has 0 spiro atoms. The maximum Gasteiger partial charge on any atom is 0.249 e. The molecule has 2 N–H and O–H groups in total. The Morgan fingerprint density at radius 1 is 1.37 bits per heavy atom. The van der Waals surface area contributed by atoms with Crippen molar-refractivity contribution in [2.24, 2.45) is 5.73 Å². The van der Waals surface area contributed by atoms with Crippen LogP contribution in [0.5, 0.6) is 0 Å². The van der Waals surface area contributed by atoms with Gasteiger partial charge in [-0.1, -0.05) is 19.0 Å². The number of nitrogens with two attached hydrogens (primary N) is 1. The van der Waals surface area contributed by atoms with E-state index in [9.17, 15) is 0 Å². The molecule has 19 heavy (non-hydrogen) atoms. The predicted molar refractivity (Wildman–Crippen MR) is 69.5 cm³/mol. The van der Waals surface area contributed by atoms with Crippen LogP contribution in [0.4, 0.5) is 0 Å². The quantitative estimate of drug-likeness (QED) is 0.846. The first-order chi connectivity index (χ1) is 9.10. The topological polar surface area (TPSA) is 83.4 Å². The average molecular weight is 269 g/mol. The van der Waals surface area contributed by atoms with Gasteiger partial charge in [-0.15, -0.1) is 0 Å². The van der Waals surface area contributed by atoms with E-state index in [2.05, 4.69) is 24.0 Å². The van der Waals surface area contributed by atoms with E-state index in [0.717, 1.165) is 12.8 Å². The minimum absolute atomic E-state index is 0.425. The van der Waals surface area contributed by atoms with Crippen LogP contribution in [0.1, 0.15) is 51.7 Å². The van der Waals surface area contributed by atoms with Crippen molar-refractivity contribution in [3.63, 3.8) is 0 Å². The number of ether oxygens (including phenoxy) is 2. The highest BCUT2D eigenvalue weighted by atomic mass is 16.5. The lowest BCUT2D eigenvalue weighted by Crippen LogP contribution is -2.38. The molecule has 6 heteroatoms. The average Bonchev–Trinajstić information content (AvgIpc) is 3.06. The molecule has 1 atom stereocenters. The third-order valence-corrected chi connectivity index (χ3v) is 3.87. The number of aromatic nitrogens is 2. The molecule has 0 aromatic carbocycles. The summed E-state index contributed by atoms with van der Waals surface area (Å²) in [6.07, 6.45) is 2.29. The highest BCUT2D eigenvalue weighted by Gasteiger charge is 2.41. The molecule has 1 fully saturated rings. The van der Waals surface area contributed by atoms with E-state index in [1.54, 1.807) is 0 Å². The summed E-state index contributed by atoms with van der Waals surface area (Å²) in [5.41, 5.74) is 5.10. The molecule has 0 saturated carbocycles. The van der Waals surface area contributed by atoms with Crippen LogP contribution >= 0.6 is 0 Å². The van der Waals surface area contributed by atoms with Gasteiger partial charge in [0.05, 0.1) is 6.61 Å². The fourth-order valence-corrected chi connectivity index (χ4v) is 2.47. The lowest BCUT2D eigenvalue weighted by molar-refractivity contribution is -0.0583. The summed E-state index contributed by atoms with van der Waals surface area (Å²) in [4.78, 5) is 4.49. The Bertz CT molecular complexity index is 409. The summed E-state index contributed by atoms with van der Waals surface area (Å²) < 4.78 is 16.6. The van der Waals surface area contributed by atoms with Gasteiger partial charge >= 0.3 is 0 Å². The van der Waals surface area contributed by atoms with Gasteiger partial charge < -0.3 is 19.7 Å². The van der Waals surface area contributed by atoms with E-state index in [-0.39, 0.29) is 0 Å². The van der Waals surface area contributed by atoms with E-state index < -0.39 is 11.1 Å². The highest BCUT2D eigenvalue weighted by Crippen LogP contribution is 2.33. The van der Waals surface area contributed by atoms with E-state index >= 15 is 0 Å². The smallest absolute Gasteiger partial charge is 0.249 e. The molecule has 1 aromatic heterocycles. The van der Waals surface area contributed by atoms with E-state index in [0.29, 0.717) is 38.0 Å². The first-order valence-corrected chi connectivity index (χ1v) is 6.95. The van der Waals surface area contributed by atoms with Gasteiger partial charge in [-0.25, -0.2) is 0 Å². The van der Waals surface area contributed by atoms with Crippen LogP contribution in [0.15, 0.2) is 4.52 Å². The molecule has 108 valence electrons. The maximum atomic E-state index is 6.23. The number of nitrogens with zero attached hydrogens (tertiary/aromatic N) is 2. The van der Waals surface area contributed by atoms with E-state index in [1.807, 2.05) is 6.92 Å². The summed E-state index contributed by atoms with van der Waals surface area (Å²) in [5.74, 6) is 1.04. The summed E-state index contributed by atoms with van der Waals surface area (Å²) in [6, 6.07) is 0. The van der Waals surface area contributed by atoms with Crippen LogP contribution in [-0.4, -0.2) is 30.0 Å². The Kier molecular flexibility index (Phi) is 4.23. The molecule has 0 amide bonds. The monoisotopic (exact) mass is 269 g/mol. The molecule has 0 aliphatic carbocycles. The molecule has 0 bridgehead atoms. The van der Waals surface area contributed by atoms with Gasteiger partial charge in [-0.2, -0.15) is 4.98 Å². The SMILES string of the molecule is CCOC(CC)(CC)c1noc(C2(N)CCOC2)n1. The second-order valence-electron chi connectivity index (χ2n) is 5.02. The van der Waals surface area contributed by atoms with Crippen molar-refractivity contribution in [3.8, 4) is 0 Å². The molecule has 6 nitrogen and oxygen atoms in total. The van der Waals surface area contributed by atoms with Gasteiger partial charge in [0.15, 0.2) is 0 Å². The van der Waals surface area contributed by atoms with Gasteiger partial charge in [0.25, 0.3) is 0 Å². The third-order valence-electron chi connectivity index (χ3n) is 3.87. The van der Waals surface area contributed by atoms with E-state index in [4.69, 9.17) is 19.7 Å². The molecule has 0 radical (unpaired) electrons. The Labute approximate surface area is 113 Å². The first kappa shape index (κ1) is 14.4. The van der Waals surface area contributed by atoms with Crippen LogP contribution in [0, 0.1) is 0 Å². The van der Waals surface area contributed by atoms with Crippen LogP contribution < -0.4 is 5.73 Å². The van der Waals surface area contributed by atoms with Crippen molar-refractivity contribution in [1.29, 1.82) is 0 Å². The van der Waals surface area contributed by atoms with Crippen LogP contribution in [0.2, 0.25) is 0 Å². The lowest BCUT2D eigenvalue weighted by Gasteiger charge is -2.27. The fourth-order valence-electron chi connectivity index (χ4n) is 2.47. The van der Waals surface area contributed by atoms with Crippen LogP contribution in [-0.2, 0) is 20.6 Å². The zero-order chi connectivity index (χ0) is 13.9. The molecule has 1 aliphatic rings. The zero-order valence-corrected chi connectivity index (χ0v) is 11.9. The van der Waals surface area contributed by atoms with Crippen LogP contribution in [0.3, 0.4) is 0 Å². The zero-order valence-electron chi connectivity index (χ0n) is 11.9. The molecule has 1 aromatic rings. The minimum Gasteiger partial charge on any atom is -0.379 e. The number of hydrogen-bond acceptors (Lipinski definition) is 6. The number of rotatable bonds is 6.